The molecule has 2 atom stereocenters. The summed E-state index contributed by atoms with van der Waals surface area (Å²) in [7, 11) is 0. The molecule has 1 rings (SSSR count). The molecule has 1 aliphatic rings. The van der Waals surface area contributed by atoms with Gasteiger partial charge in [0, 0.05) is 12.5 Å². The molecule has 0 aliphatic heterocycles. The molecule has 2 unspecified atom stereocenters. The summed E-state index contributed by atoms with van der Waals surface area (Å²) in [6, 6.07) is 0. The lowest BCUT2D eigenvalue weighted by molar-refractivity contribution is -0.165. The Kier molecular flexibility index (Phi) is 6.10. The van der Waals surface area contributed by atoms with Crippen LogP contribution in [0.15, 0.2) is 0 Å². The molecule has 0 radical (unpaired) electrons. The van der Waals surface area contributed by atoms with Gasteiger partial charge in [0.25, 0.3) is 0 Å². The third-order valence-electron chi connectivity index (χ3n) is 3.70. The van der Waals surface area contributed by atoms with Gasteiger partial charge in [-0.15, -0.1) is 0 Å². The topological polar surface area (TPSA) is 46.3 Å². The van der Waals surface area contributed by atoms with Crippen molar-refractivity contribution in [3.63, 3.8) is 0 Å². The summed E-state index contributed by atoms with van der Waals surface area (Å²) in [6.45, 7) is 1.17. The number of carbonyl (C=O) groups excluding carboxylic acids is 1. The zero-order chi connectivity index (χ0) is 14.5. The molecular weight excluding hydrogens is 257 g/mol. The number of halogens is 3. The first kappa shape index (κ1) is 16.3. The minimum atomic E-state index is -4.34. The third kappa shape index (κ3) is 5.01. The van der Waals surface area contributed by atoms with Crippen molar-refractivity contribution in [2.24, 2.45) is 17.6 Å². The average molecular weight is 280 g/mol. The number of carbonyl (C=O) groups is 1. The second-order valence-electron chi connectivity index (χ2n) is 5.26. The first-order chi connectivity index (χ1) is 8.89. The smallest absolute Gasteiger partial charge is 0.333 e. The van der Waals surface area contributed by atoms with Crippen LogP contribution in [0.4, 0.5) is 13.2 Å². The molecule has 1 amide bonds. The zero-order valence-corrected chi connectivity index (χ0v) is 11.4. The molecule has 0 bridgehead atoms. The van der Waals surface area contributed by atoms with Gasteiger partial charge in [-0.05, 0) is 31.7 Å². The van der Waals surface area contributed by atoms with E-state index in [1.165, 1.54) is 0 Å². The molecule has 0 aromatic carbocycles. The standard InChI is InChI=1S/C13H23F3N2O/c1-2-7-18(9-13(14,15)16)12(19)11-6-4-3-5-10(11)8-17/h10-11H,2-9,17H2,1H3. The van der Waals surface area contributed by atoms with Crippen molar-refractivity contribution in [3.8, 4) is 0 Å². The highest BCUT2D eigenvalue weighted by Crippen LogP contribution is 2.31. The van der Waals surface area contributed by atoms with Crippen LogP contribution in [0.1, 0.15) is 39.0 Å². The molecule has 0 spiro atoms. The first-order valence-electron chi connectivity index (χ1n) is 6.94. The summed E-state index contributed by atoms with van der Waals surface area (Å²) in [5.74, 6) is -0.657. The molecule has 0 aromatic heterocycles. The van der Waals surface area contributed by atoms with E-state index in [0.717, 1.165) is 24.2 Å². The lowest BCUT2D eigenvalue weighted by Gasteiger charge is -2.34. The van der Waals surface area contributed by atoms with E-state index in [9.17, 15) is 18.0 Å². The van der Waals surface area contributed by atoms with Crippen LogP contribution in [0, 0.1) is 11.8 Å². The van der Waals surface area contributed by atoms with Gasteiger partial charge in [0.05, 0.1) is 0 Å². The van der Waals surface area contributed by atoms with Gasteiger partial charge in [0.15, 0.2) is 0 Å². The Morgan fingerprint density at radius 2 is 1.95 bits per heavy atom. The molecule has 19 heavy (non-hydrogen) atoms. The van der Waals surface area contributed by atoms with Gasteiger partial charge in [-0.3, -0.25) is 4.79 Å². The summed E-state index contributed by atoms with van der Waals surface area (Å²) in [5, 5.41) is 0. The third-order valence-corrected chi connectivity index (χ3v) is 3.70. The highest BCUT2D eigenvalue weighted by Gasteiger charge is 2.37. The number of hydrogen-bond donors (Lipinski definition) is 1. The van der Waals surface area contributed by atoms with E-state index in [0.29, 0.717) is 19.4 Å². The van der Waals surface area contributed by atoms with Crippen LogP contribution in [0.2, 0.25) is 0 Å². The lowest BCUT2D eigenvalue weighted by atomic mass is 9.78. The fourth-order valence-corrected chi connectivity index (χ4v) is 2.80. The van der Waals surface area contributed by atoms with Crippen molar-refractivity contribution in [1.29, 1.82) is 0 Å². The van der Waals surface area contributed by atoms with Crippen LogP contribution in [0.5, 0.6) is 0 Å². The molecule has 0 aromatic rings. The summed E-state index contributed by atoms with van der Waals surface area (Å²) in [5.41, 5.74) is 5.64. The minimum Gasteiger partial charge on any atom is -0.333 e. The number of rotatable bonds is 5. The van der Waals surface area contributed by atoms with Gasteiger partial charge in [-0.25, -0.2) is 0 Å². The fraction of sp³-hybridized carbons (Fsp3) is 0.923. The normalized spacial score (nSPS) is 24.3. The van der Waals surface area contributed by atoms with Gasteiger partial charge in [0.1, 0.15) is 6.54 Å². The van der Waals surface area contributed by atoms with Crippen LogP contribution >= 0.6 is 0 Å². The zero-order valence-electron chi connectivity index (χ0n) is 11.4. The largest absolute Gasteiger partial charge is 0.406 e. The van der Waals surface area contributed by atoms with Crippen molar-refractivity contribution in [1.82, 2.24) is 4.90 Å². The maximum Gasteiger partial charge on any atom is 0.406 e. The quantitative estimate of drug-likeness (QED) is 0.841. The van der Waals surface area contributed by atoms with E-state index in [1.807, 2.05) is 0 Å². The molecule has 1 saturated carbocycles. The van der Waals surface area contributed by atoms with Crippen molar-refractivity contribution in [2.75, 3.05) is 19.6 Å². The van der Waals surface area contributed by atoms with E-state index in [-0.39, 0.29) is 24.3 Å². The lowest BCUT2D eigenvalue weighted by Crippen LogP contribution is -2.46. The number of nitrogens with zero attached hydrogens (tertiary/aromatic N) is 1. The van der Waals surface area contributed by atoms with Gasteiger partial charge < -0.3 is 10.6 Å². The predicted octanol–water partition coefficient (Wildman–Crippen LogP) is 2.55. The molecule has 6 heteroatoms. The molecular formula is C13H23F3N2O. The molecule has 112 valence electrons. The van der Waals surface area contributed by atoms with Gasteiger partial charge in [0.2, 0.25) is 5.91 Å². The average Bonchev–Trinajstić information content (AvgIpc) is 2.36. The molecule has 0 saturated heterocycles. The Hall–Kier alpha value is -0.780. The molecule has 1 fully saturated rings. The Morgan fingerprint density at radius 1 is 1.32 bits per heavy atom. The van der Waals surface area contributed by atoms with Crippen molar-refractivity contribution < 1.29 is 18.0 Å². The van der Waals surface area contributed by atoms with E-state index in [2.05, 4.69) is 0 Å². The Bertz CT molecular complexity index is 294. The summed E-state index contributed by atoms with van der Waals surface area (Å²) in [6.07, 6.45) is -0.380. The number of alkyl halides is 3. The Labute approximate surface area is 112 Å². The number of hydrogen-bond acceptors (Lipinski definition) is 2. The van der Waals surface area contributed by atoms with Crippen LogP contribution in [0.25, 0.3) is 0 Å². The van der Waals surface area contributed by atoms with Gasteiger partial charge in [-0.1, -0.05) is 19.8 Å². The van der Waals surface area contributed by atoms with Crippen molar-refractivity contribution in [3.05, 3.63) is 0 Å². The van der Waals surface area contributed by atoms with E-state index in [4.69, 9.17) is 5.73 Å². The first-order valence-corrected chi connectivity index (χ1v) is 6.94. The SMILES string of the molecule is CCCN(CC(F)(F)F)C(=O)C1CCCCC1CN. The number of nitrogens with two attached hydrogens (primary N) is 1. The van der Waals surface area contributed by atoms with E-state index >= 15 is 0 Å². The highest BCUT2D eigenvalue weighted by molar-refractivity contribution is 5.79. The molecule has 1 aliphatic carbocycles. The molecule has 3 nitrogen and oxygen atoms in total. The van der Waals surface area contributed by atoms with Crippen LogP contribution in [-0.2, 0) is 4.79 Å². The summed E-state index contributed by atoms with van der Waals surface area (Å²) >= 11 is 0. The second kappa shape index (κ2) is 7.12. The van der Waals surface area contributed by atoms with Gasteiger partial charge in [-0.2, -0.15) is 13.2 Å². The summed E-state index contributed by atoms with van der Waals surface area (Å²) in [4.78, 5) is 13.3. The monoisotopic (exact) mass is 280 g/mol. The molecule has 0 heterocycles. The van der Waals surface area contributed by atoms with E-state index in [1.54, 1.807) is 6.92 Å². The Balaban J connectivity index is 2.73. The van der Waals surface area contributed by atoms with Crippen LogP contribution in [-0.4, -0.2) is 36.6 Å². The maximum absolute atomic E-state index is 12.5. The molecule has 2 N–H and O–H groups in total. The minimum absolute atomic E-state index is 0.0360. The Morgan fingerprint density at radius 3 is 2.47 bits per heavy atom. The van der Waals surface area contributed by atoms with Crippen LogP contribution < -0.4 is 5.73 Å². The fourth-order valence-electron chi connectivity index (χ4n) is 2.80. The van der Waals surface area contributed by atoms with Gasteiger partial charge >= 0.3 is 6.18 Å². The summed E-state index contributed by atoms with van der Waals surface area (Å²) < 4.78 is 37.6. The maximum atomic E-state index is 12.5. The van der Waals surface area contributed by atoms with Crippen LogP contribution in [0.3, 0.4) is 0 Å². The predicted molar refractivity (Wildman–Crippen MR) is 67.4 cm³/mol. The second-order valence-corrected chi connectivity index (χ2v) is 5.26. The number of amides is 1. The van der Waals surface area contributed by atoms with Crippen molar-refractivity contribution >= 4 is 5.91 Å². The highest BCUT2D eigenvalue weighted by atomic mass is 19.4. The van der Waals surface area contributed by atoms with E-state index < -0.39 is 12.7 Å². The van der Waals surface area contributed by atoms with Crippen molar-refractivity contribution in [2.45, 2.75) is 45.2 Å².